The second-order valence-electron chi connectivity index (χ2n) is 2.97. The SMILES string of the molecule is C=C(C)C(=O)Oc1ccccc1C(=O)O.[Zn]. The zero-order chi connectivity index (χ0) is 11.4. The molecule has 0 atom stereocenters. The maximum Gasteiger partial charge on any atom is 0.339 e. The fraction of sp³-hybridized carbons (Fsp3) is 0.0909. The van der Waals surface area contributed by atoms with Crippen molar-refractivity contribution in [3.8, 4) is 5.75 Å². The standard InChI is InChI=1S/C11H10O4.Zn/c1-7(2)11(14)15-9-6-4-3-5-8(9)10(12)13;/h3-6H,1H2,2H3,(H,12,13);. The summed E-state index contributed by atoms with van der Waals surface area (Å²) in [4.78, 5) is 21.9. The molecule has 0 radical (unpaired) electrons. The normalized spacial score (nSPS) is 8.81. The van der Waals surface area contributed by atoms with Gasteiger partial charge in [0.2, 0.25) is 0 Å². The van der Waals surface area contributed by atoms with Crippen molar-refractivity contribution in [3.05, 3.63) is 42.0 Å². The zero-order valence-electron chi connectivity index (χ0n) is 8.90. The molecule has 0 spiro atoms. The van der Waals surface area contributed by atoms with Crippen molar-refractivity contribution in [1.29, 1.82) is 0 Å². The molecule has 5 heteroatoms. The fourth-order valence-corrected chi connectivity index (χ4v) is 0.919. The number of carboxylic acids is 1. The second-order valence-corrected chi connectivity index (χ2v) is 2.97. The molecule has 0 aliphatic rings. The third-order valence-electron chi connectivity index (χ3n) is 1.67. The topological polar surface area (TPSA) is 63.6 Å². The molecule has 0 unspecified atom stereocenters. The van der Waals surface area contributed by atoms with Crippen LogP contribution < -0.4 is 4.74 Å². The van der Waals surface area contributed by atoms with E-state index in [1.807, 2.05) is 0 Å². The van der Waals surface area contributed by atoms with Crippen LogP contribution in [-0.4, -0.2) is 17.0 Å². The molecule has 0 saturated carbocycles. The average Bonchev–Trinajstić information content (AvgIpc) is 2.18. The Kier molecular flexibility index (Phi) is 5.61. The van der Waals surface area contributed by atoms with Crippen LogP contribution in [0.2, 0.25) is 0 Å². The molecule has 1 rings (SSSR count). The van der Waals surface area contributed by atoms with E-state index in [1.165, 1.54) is 19.1 Å². The minimum absolute atomic E-state index is 0. The first-order valence-electron chi connectivity index (χ1n) is 4.22. The van der Waals surface area contributed by atoms with Gasteiger partial charge in [-0.3, -0.25) is 0 Å². The first-order valence-corrected chi connectivity index (χ1v) is 4.22. The van der Waals surface area contributed by atoms with Crippen molar-refractivity contribution in [3.63, 3.8) is 0 Å². The summed E-state index contributed by atoms with van der Waals surface area (Å²) in [5.74, 6) is -1.75. The van der Waals surface area contributed by atoms with Crippen LogP contribution in [0.15, 0.2) is 36.4 Å². The Bertz CT molecular complexity index is 426. The van der Waals surface area contributed by atoms with Gasteiger partial charge in [0.1, 0.15) is 11.3 Å². The summed E-state index contributed by atoms with van der Waals surface area (Å²) >= 11 is 0. The molecule has 1 aromatic carbocycles. The molecule has 0 bridgehead atoms. The Labute approximate surface area is 106 Å². The van der Waals surface area contributed by atoms with Gasteiger partial charge in [-0.05, 0) is 19.1 Å². The first kappa shape index (κ1) is 14.5. The quantitative estimate of drug-likeness (QED) is 0.394. The van der Waals surface area contributed by atoms with E-state index in [9.17, 15) is 9.59 Å². The summed E-state index contributed by atoms with van der Waals surface area (Å²) < 4.78 is 4.85. The third-order valence-corrected chi connectivity index (χ3v) is 1.67. The van der Waals surface area contributed by atoms with Crippen LogP contribution in [0.3, 0.4) is 0 Å². The predicted octanol–water partition coefficient (Wildman–Crippen LogP) is 1.86. The number of para-hydroxylation sites is 1. The first-order chi connectivity index (χ1) is 7.02. The number of carbonyl (C=O) groups is 2. The van der Waals surface area contributed by atoms with E-state index in [0.717, 1.165) is 0 Å². The van der Waals surface area contributed by atoms with Crippen molar-refractivity contribution in [2.24, 2.45) is 0 Å². The van der Waals surface area contributed by atoms with E-state index in [-0.39, 0.29) is 36.4 Å². The van der Waals surface area contributed by atoms with Crippen molar-refractivity contribution in [2.45, 2.75) is 6.92 Å². The van der Waals surface area contributed by atoms with Gasteiger partial charge in [0, 0.05) is 25.1 Å². The van der Waals surface area contributed by atoms with Gasteiger partial charge in [0.25, 0.3) is 0 Å². The summed E-state index contributed by atoms with van der Waals surface area (Å²) in [7, 11) is 0. The minimum Gasteiger partial charge on any atom is -0.478 e. The fourth-order valence-electron chi connectivity index (χ4n) is 0.919. The van der Waals surface area contributed by atoms with E-state index < -0.39 is 11.9 Å². The van der Waals surface area contributed by atoms with Gasteiger partial charge in [0.05, 0.1) is 0 Å². The van der Waals surface area contributed by atoms with Gasteiger partial charge in [-0.2, -0.15) is 0 Å². The number of carbonyl (C=O) groups excluding carboxylic acids is 1. The van der Waals surface area contributed by atoms with Crippen molar-refractivity contribution in [2.75, 3.05) is 0 Å². The van der Waals surface area contributed by atoms with E-state index in [4.69, 9.17) is 9.84 Å². The number of hydrogen-bond donors (Lipinski definition) is 1. The Hall–Kier alpha value is -1.48. The molecule has 0 aromatic heterocycles. The van der Waals surface area contributed by atoms with Gasteiger partial charge in [-0.25, -0.2) is 9.59 Å². The van der Waals surface area contributed by atoms with Crippen LogP contribution >= 0.6 is 0 Å². The third kappa shape index (κ3) is 3.59. The van der Waals surface area contributed by atoms with E-state index in [2.05, 4.69) is 6.58 Å². The molecular weight excluding hydrogens is 262 g/mol. The molecule has 0 aliphatic heterocycles. The number of esters is 1. The van der Waals surface area contributed by atoms with Gasteiger partial charge in [0.15, 0.2) is 0 Å². The van der Waals surface area contributed by atoms with Crippen molar-refractivity contribution < 1.29 is 38.9 Å². The number of ether oxygens (including phenoxy) is 1. The van der Waals surface area contributed by atoms with Crippen molar-refractivity contribution in [1.82, 2.24) is 0 Å². The monoisotopic (exact) mass is 270 g/mol. The van der Waals surface area contributed by atoms with E-state index in [1.54, 1.807) is 12.1 Å². The molecular formula is C11H10O4Zn. The maximum atomic E-state index is 11.2. The van der Waals surface area contributed by atoms with Gasteiger partial charge in [-0.15, -0.1) is 0 Å². The van der Waals surface area contributed by atoms with Crippen LogP contribution in [0.1, 0.15) is 17.3 Å². The molecule has 4 nitrogen and oxygen atoms in total. The molecule has 0 amide bonds. The van der Waals surface area contributed by atoms with Gasteiger partial charge >= 0.3 is 11.9 Å². The minimum atomic E-state index is -1.14. The zero-order valence-corrected chi connectivity index (χ0v) is 11.9. The van der Waals surface area contributed by atoms with E-state index >= 15 is 0 Å². The summed E-state index contributed by atoms with van der Waals surface area (Å²) in [6.45, 7) is 4.90. The summed E-state index contributed by atoms with van der Waals surface area (Å²) in [6, 6.07) is 5.93. The Morgan fingerprint density at radius 3 is 2.38 bits per heavy atom. The number of hydrogen-bond acceptors (Lipinski definition) is 3. The second kappa shape index (κ2) is 6.18. The molecule has 1 N–H and O–H groups in total. The van der Waals surface area contributed by atoms with Crippen LogP contribution in [0.4, 0.5) is 0 Å². The van der Waals surface area contributed by atoms with Crippen LogP contribution in [-0.2, 0) is 24.3 Å². The molecule has 1 aromatic rings. The van der Waals surface area contributed by atoms with Crippen LogP contribution in [0, 0.1) is 0 Å². The predicted molar refractivity (Wildman–Crippen MR) is 53.9 cm³/mol. The number of aromatic carboxylic acids is 1. The molecule has 0 saturated heterocycles. The molecule has 16 heavy (non-hydrogen) atoms. The Morgan fingerprint density at radius 1 is 1.31 bits per heavy atom. The van der Waals surface area contributed by atoms with Crippen molar-refractivity contribution >= 4 is 11.9 Å². The Morgan fingerprint density at radius 2 is 1.88 bits per heavy atom. The summed E-state index contributed by atoms with van der Waals surface area (Å²) in [5.41, 5.74) is 0.169. The molecule has 80 valence electrons. The molecule has 0 aliphatic carbocycles. The van der Waals surface area contributed by atoms with E-state index in [0.29, 0.717) is 0 Å². The van der Waals surface area contributed by atoms with Crippen LogP contribution in [0.25, 0.3) is 0 Å². The maximum absolute atomic E-state index is 11.2. The number of rotatable bonds is 3. The van der Waals surface area contributed by atoms with Gasteiger partial charge < -0.3 is 9.84 Å². The average molecular weight is 272 g/mol. The molecule has 0 heterocycles. The van der Waals surface area contributed by atoms with Gasteiger partial charge in [-0.1, -0.05) is 18.7 Å². The number of benzene rings is 1. The number of carboxylic acid groups (broad SMARTS) is 1. The largest absolute Gasteiger partial charge is 0.478 e. The summed E-state index contributed by atoms with van der Waals surface area (Å²) in [6.07, 6.45) is 0. The van der Waals surface area contributed by atoms with Crippen LogP contribution in [0.5, 0.6) is 5.75 Å². The summed E-state index contributed by atoms with van der Waals surface area (Å²) in [5, 5.41) is 8.80. The smallest absolute Gasteiger partial charge is 0.339 e. The molecule has 0 fully saturated rings. The Balaban J connectivity index is 0.00000225.